The van der Waals surface area contributed by atoms with E-state index in [-0.39, 0.29) is 10.8 Å². The monoisotopic (exact) mass is 543 g/mol. The Labute approximate surface area is 247 Å². The fraction of sp³-hybridized carbons (Fsp3) is 0.150. The van der Waals surface area contributed by atoms with Crippen molar-refractivity contribution in [2.75, 3.05) is 4.90 Å². The number of furan rings is 1. The number of benzene rings is 5. The molecule has 0 bridgehead atoms. The highest BCUT2D eigenvalue weighted by Crippen LogP contribution is 2.54. The number of nitrogens with zero attached hydrogens (tertiary/aromatic N) is 1. The molecule has 0 fully saturated rings. The molecule has 2 aliphatic carbocycles. The minimum atomic E-state index is -0.139. The van der Waals surface area contributed by atoms with E-state index in [0.29, 0.717) is 0 Å². The van der Waals surface area contributed by atoms with E-state index in [1.54, 1.807) is 0 Å². The van der Waals surface area contributed by atoms with Gasteiger partial charge in [-0.25, -0.2) is 0 Å². The third-order valence-electron chi connectivity index (χ3n) is 9.77. The SMILES string of the molecule is C=CC(=C)N(c1ccc2c(c1)-c1c(ccc3c1oc1ccccc13)C2(C)C)c1ccc2c(c1)C(C)(C)c1ccccc1-2. The molecule has 0 N–H and O–H groups in total. The molecule has 2 heteroatoms. The number of para-hydroxylation sites is 1. The van der Waals surface area contributed by atoms with Crippen LogP contribution in [0.1, 0.15) is 49.9 Å². The van der Waals surface area contributed by atoms with E-state index in [1.165, 1.54) is 44.5 Å². The van der Waals surface area contributed by atoms with Crippen LogP contribution in [0.25, 0.3) is 44.2 Å². The van der Waals surface area contributed by atoms with Gasteiger partial charge in [0.15, 0.2) is 0 Å². The summed E-state index contributed by atoms with van der Waals surface area (Å²) in [6.45, 7) is 17.8. The van der Waals surface area contributed by atoms with Crippen LogP contribution in [0.5, 0.6) is 0 Å². The lowest BCUT2D eigenvalue weighted by Crippen LogP contribution is -2.18. The standard InChI is InChI=1S/C40H33NO/c1-7-24(2)41(26-16-18-28-27-12-8-10-14-32(27)40(5,6)35(28)23-26)25-17-20-33-31(22-25)37-34(39(33,3)4)21-19-30-29-13-9-11-15-36(29)42-38(30)37/h7-23H,1-2H2,3-6H3. The minimum Gasteiger partial charge on any atom is -0.455 e. The fourth-order valence-corrected chi connectivity index (χ4v) is 7.55. The first-order valence-electron chi connectivity index (χ1n) is 14.7. The molecule has 0 atom stereocenters. The van der Waals surface area contributed by atoms with Crippen LogP contribution in [-0.2, 0) is 10.8 Å². The summed E-state index contributed by atoms with van der Waals surface area (Å²) in [5, 5.41) is 2.31. The molecule has 6 aromatic rings. The normalized spacial score (nSPS) is 15.2. The Morgan fingerprint density at radius 3 is 2.12 bits per heavy atom. The molecule has 204 valence electrons. The van der Waals surface area contributed by atoms with Gasteiger partial charge in [-0.15, -0.1) is 0 Å². The molecule has 0 amide bonds. The lowest BCUT2D eigenvalue weighted by Gasteiger charge is -2.29. The second-order valence-electron chi connectivity index (χ2n) is 12.7. The Balaban J connectivity index is 1.33. The molecule has 1 aromatic heterocycles. The number of fused-ring (bicyclic) bond motifs is 10. The summed E-state index contributed by atoms with van der Waals surface area (Å²) in [6.07, 6.45) is 1.84. The lowest BCUT2D eigenvalue weighted by atomic mass is 9.82. The average Bonchev–Trinajstić information content (AvgIpc) is 3.57. The number of rotatable bonds is 4. The molecule has 2 aliphatic rings. The molecule has 42 heavy (non-hydrogen) atoms. The predicted molar refractivity (Wildman–Crippen MR) is 177 cm³/mol. The molecule has 0 saturated carbocycles. The van der Waals surface area contributed by atoms with Gasteiger partial charge in [-0.3, -0.25) is 0 Å². The summed E-state index contributed by atoms with van der Waals surface area (Å²) in [6, 6.07) is 35.3. The van der Waals surface area contributed by atoms with Crippen LogP contribution in [0.2, 0.25) is 0 Å². The largest absolute Gasteiger partial charge is 0.455 e. The van der Waals surface area contributed by atoms with Gasteiger partial charge >= 0.3 is 0 Å². The van der Waals surface area contributed by atoms with Crippen molar-refractivity contribution in [2.24, 2.45) is 0 Å². The van der Waals surface area contributed by atoms with E-state index in [9.17, 15) is 0 Å². The number of hydrogen-bond acceptors (Lipinski definition) is 2. The molecule has 0 radical (unpaired) electrons. The Bertz CT molecular complexity index is 2140. The quantitative estimate of drug-likeness (QED) is 0.206. The molecule has 0 aliphatic heterocycles. The molecular formula is C40H33NO. The fourth-order valence-electron chi connectivity index (χ4n) is 7.55. The highest BCUT2D eigenvalue weighted by Gasteiger charge is 2.39. The van der Waals surface area contributed by atoms with Crippen LogP contribution in [-0.4, -0.2) is 0 Å². The van der Waals surface area contributed by atoms with Gasteiger partial charge in [-0.05, 0) is 75.4 Å². The lowest BCUT2D eigenvalue weighted by molar-refractivity contribution is 0.653. The van der Waals surface area contributed by atoms with Gasteiger partial charge in [-0.2, -0.15) is 0 Å². The smallest absolute Gasteiger partial charge is 0.143 e. The first kappa shape index (κ1) is 24.9. The molecule has 8 rings (SSSR count). The van der Waals surface area contributed by atoms with E-state index >= 15 is 0 Å². The first-order valence-corrected chi connectivity index (χ1v) is 14.7. The van der Waals surface area contributed by atoms with Gasteiger partial charge in [0.05, 0.1) is 0 Å². The maximum Gasteiger partial charge on any atom is 0.143 e. The van der Waals surface area contributed by atoms with E-state index in [4.69, 9.17) is 4.42 Å². The number of anilines is 2. The van der Waals surface area contributed by atoms with Crippen molar-refractivity contribution in [3.8, 4) is 22.3 Å². The molecule has 0 saturated heterocycles. The van der Waals surface area contributed by atoms with Crippen LogP contribution in [0.15, 0.2) is 126 Å². The van der Waals surface area contributed by atoms with Gasteiger partial charge in [0, 0.05) is 44.2 Å². The topological polar surface area (TPSA) is 16.4 Å². The predicted octanol–water partition coefficient (Wildman–Crippen LogP) is 11.0. The van der Waals surface area contributed by atoms with Crippen molar-refractivity contribution in [2.45, 2.75) is 38.5 Å². The second-order valence-corrected chi connectivity index (χ2v) is 12.7. The van der Waals surface area contributed by atoms with Crippen LogP contribution in [0.4, 0.5) is 11.4 Å². The van der Waals surface area contributed by atoms with E-state index < -0.39 is 0 Å². The van der Waals surface area contributed by atoms with Crippen LogP contribution in [0.3, 0.4) is 0 Å². The van der Waals surface area contributed by atoms with Gasteiger partial charge in [0.25, 0.3) is 0 Å². The van der Waals surface area contributed by atoms with Gasteiger partial charge in [0.2, 0.25) is 0 Å². The Kier molecular flexibility index (Phi) is 4.96. The Morgan fingerprint density at radius 2 is 1.29 bits per heavy atom. The summed E-state index contributed by atoms with van der Waals surface area (Å²) < 4.78 is 6.56. The summed E-state index contributed by atoms with van der Waals surface area (Å²) >= 11 is 0. The van der Waals surface area contributed by atoms with Gasteiger partial charge < -0.3 is 9.32 Å². The molecule has 1 heterocycles. The van der Waals surface area contributed by atoms with Gasteiger partial charge in [0.1, 0.15) is 11.2 Å². The highest BCUT2D eigenvalue weighted by molar-refractivity contribution is 6.12. The number of hydrogen-bond donors (Lipinski definition) is 0. The molecule has 0 spiro atoms. The van der Waals surface area contributed by atoms with Crippen LogP contribution < -0.4 is 4.90 Å². The van der Waals surface area contributed by atoms with Crippen molar-refractivity contribution in [3.63, 3.8) is 0 Å². The Morgan fingerprint density at radius 1 is 0.643 bits per heavy atom. The van der Waals surface area contributed by atoms with Crippen molar-refractivity contribution < 1.29 is 4.42 Å². The van der Waals surface area contributed by atoms with E-state index in [1.807, 2.05) is 12.1 Å². The van der Waals surface area contributed by atoms with Crippen molar-refractivity contribution in [3.05, 3.63) is 144 Å². The summed E-state index contributed by atoms with van der Waals surface area (Å²) in [4.78, 5) is 2.23. The summed E-state index contributed by atoms with van der Waals surface area (Å²) in [5.74, 6) is 0. The van der Waals surface area contributed by atoms with Crippen LogP contribution >= 0.6 is 0 Å². The van der Waals surface area contributed by atoms with E-state index in [2.05, 4.69) is 137 Å². The third kappa shape index (κ3) is 3.15. The maximum absolute atomic E-state index is 6.56. The highest BCUT2D eigenvalue weighted by atomic mass is 16.3. The first-order chi connectivity index (χ1) is 20.2. The van der Waals surface area contributed by atoms with Crippen molar-refractivity contribution >= 4 is 33.3 Å². The molecule has 5 aromatic carbocycles. The molecular weight excluding hydrogens is 510 g/mol. The van der Waals surface area contributed by atoms with Gasteiger partial charge in [-0.1, -0.05) is 108 Å². The summed E-state index contributed by atoms with van der Waals surface area (Å²) in [7, 11) is 0. The average molecular weight is 544 g/mol. The molecule has 2 nitrogen and oxygen atoms in total. The van der Waals surface area contributed by atoms with Crippen molar-refractivity contribution in [1.82, 2.24) is 0 Å². The molecule has 0 unspecified atom stereocenters. The van der Waals surface area contributed by atoms with E-state index in [0.717, 1.165) is 39.0 Å². The van der Waals surface area contributed by atoms with Crippen molar-refractivity contribution in [1.29, 1.82) is 0 Å². The summed E-state index contributed by atoms with van der Waals surface area (Å²) in [5.41, 5.74) is 15.0. The third-order valence-corrected chi connectivity index (χ3v) is 9.77. The zero-order valence-corrected chi connectivity index (χ0v) is 24.6. The maximum atomic E-state index is 6.56. The number of allylic oxidation sites excluding steroid dienone is 1. The minimum absolute atomic E-state index is 0.0864. The zero-order valence-electron chi connectivity index (χ0n) is 24.6. The zero-order chi connectivity index (χ0) is 29.0. The second kappa shape index (κ2) is 8.36. The Hall–Kier alpha value is -4.82. The van der Waals surface area contributed by atoms with Crippen LogP contribution in [0, 0.1) is 0 Å².